The molecule has 154 valence electrons. The Hall–Kier alpha value is -2.37. The molecule has 1 aliphatic heterocycles. The first-order valence-electron chi connectivity index (χ1n) is 10.4. The maximum atomic E-state index is 13.2. The molecular formula is C22H33N3O3. The summed E-state index contributed by atoms with van der Waals surface area (Å²) in [6, 6.07) is 8.76. The Bertz CT molecular complexity index is 677. The van der Waals surface area contributed by atoms with Gasteiger partial charge in [-0.1, -0.05) is 76.8 Å². The Morgan fingerprint density at radius 1 is 1.14 bits per heavy atom. The summed E-state index contributed by atoms with van der Waals surface area (Å²) in [5.74, 6) is -0.215. The summed E-state index contributed by atoms with van der Waals surface area (Å²) in [6.45, 7) is 6.58. The molecule has 0 aromatic heterocycles. The zero-order valence-corrected chi connectivity index (χ0v) is 17.3. The zero-order chi connectivity index (χ0) is 20.6. The van der Waals surface area contributed by atoms with Crippen molar-refractivity contribution in [2.24, 2.45) is 5.92 Å². The van der Waals surface area contributed by atoms with Crippen molar-refractivity contribution in [1.82, 2.24) is 15.5 Å². The van der Waals surface area contributed by atoms with Crippen LogP contribution >= 0.6 is 0 Å². The summed E-state index contributed by atoms with van der Waals surface area (Å²) in [6.07, 6.45) is 5.57. The van der Waals surface area contributed by atoms with Crippen LogP contribution in [0.4, 0.5) is 4.79 Å². The summed E-state index contributed by atoms with van der Waals surface area (Å²) in [5.41, 5.74) is -0.329. The van der Waals surface area contributed by atoms with Crippen molar-refractivity contribution in [1.29, 1.82) is 0 Å². The molecule has 2 rings (SSSR count). The molecule has 28 heavy (non-hydrogen) atoms. The number of hydrogen-bond acceptors (Lipinski definition) is 3. The van der Waals surface area contributed by atoms with Crippen LogP contribution in [0.25, 0.3) is 0 Å². The van der Waals surface area contributed by atoms with Crippen molar-refractivity contribution in [3.63, 3.8) is 0 Å². The Labute approximate surface area is 168 Å². The molecule has 0 radical (unpaired) electrons. The Morgan fingerprint density at radius 3 is 2.46 bits per heavy atom. The van der Waals surface area contributed by atoms with Crippen LogP contribution in [0.2, 0.25) is 0 Å². The lowest BCUT2D eigenvalue weighted by molar-refractivity contribution is -0.135. The topological polar surface area (TPSA) is 78.5 Å². The van der Waals surface area contributed by atoms with Gasteiger partial charge in [0.25, 0.3) is 5.91 Å². The molecule has 6 heteroatoms. The van der Waals surface area contributed by atoms with Crippen molar-refractivity contribution in [3.8, 4) is 0 Å². The lowest BCUT2D eigenvalue weighted by atomic mass is 9.85. The average molecular weight is 388 g/mol. The quantitative estimate of drug-likeness (QED) is 0.570. The number of carbonyl (C=O) groups excluding carboxylic acids is 3. The fraction of sp³-hybridized carbons (Fsp3) is 0.591. The van der Waals surface area contributed by atoms with Gasteiger partial charge in [-0.3, -0.25) is 14.5 Å². The normalized spacial score (nSPS) is 20.2. The molecule has 1 aliphatic rings. The SMILES string of the molecule is CCCC[C@H](CC)CNC(=O)CN1C(=O)N[C@](CCC)(c2ccccc2)C1=O. The maximum absolute atomic E-state index is 13.2. The summed E-state index contributed by atoms with van der Waals surface area (Å²) in [7, 11) is 0. The van der Waals surface area contributed by atoms with Gasteiger partial charge < -0.3 is 10.6 Å². The monoisotopic (exact) mass is 387 g/mol. The number of unbranched alkanes of at least 4 members (excludes halogenated alkanes) is 1. The number of nitrogens with zero attached hydrogens (tertiary/aromatic N) is 1. The fourth-order valence-electron chi connectivity index (χ4n) is 3.78. The highest BCUT2D eigenvalue weighted by Crippen LogP contribution is 2.33. The predicted octanol–water partition coefficient (Wildman–Crippen LogP) is 3.57. The van der Waals surface area contributed by atoms with E-state index in [1.807, 2.05) is 37.3 Å². The third-order valence-corrected chi connectivity index (χ3v) is 5.50. The minimum atomic E-state index is -1.08. The molecule has 6 nitrogen and oxygen atoms in total. The number of benzene rings is 1. The van der Waals surface area contributed by atoms with Gasteiger partial charge in [0.1, 0.15) is 12.1 Å². The molecule has 1 heterocycles. The molecule has 2 N–H and O–H groups in total. The molecule has 2 atom stereocenters. The van der Waals surface area contributed by atoms with Gasteiger partial charge in [-0.05, 0) is 24.3 Å². The second-order valence-electron chi connectivity index (χ2n) is 7.56. The minimum Gasteiger partial charge on any atom is -0.354 e. The molecule has 4 amide bonds. The summed E-state index contributed by atoms with van der Waals surface area (Å²) in [5, 5.41) is 5.75. The standard InChI is InChI=1S/C22H33N3O3/c1-4-7-11-17(6-3)15-23-19(26)16-25-20(27)22(14-5-2,24-21(25)28)18-12-9-8-10-13-18/h8-10,12-13,17H,4-7,11,14-16H2,1-3H3,(H,23,26)(H,24,28)/t17-,22+/m0/s1. The van der Waals surface area contributed by atoms with E-state index in [9.17, 15) is 14.4 Å². The van der Waals surface area contributed by atoms with Gasteiger partial charge in [-0.15, -0.1) is 0 Å². The van der Waals surface area contributed by atoms with Crippen molar-refractivity contribution in [2.45, 2.75) is 64.8 Å². The van der Waals surface area contributed by atoms with Gasteiger partial charge in [0, 0.05) is 6.54 Å². The van der Waals surface area contributed by atoms with E-state index in [0.717, 1.165) is 42.6 Å². The average Bonchev–Trinajstić information content (AvgIpc) is 2.94. The molecule has 1 saturated heterocycles. The van der Waals surface area contributed by atoms with Crippen LogP contribution in [0.5, 0.6) is 0 Å². The largest absolute Gasteiger partial charge is 0.354 e. The number of nitrogens with one attached hydrogen (secondary N) is 2. The number of imide groups is 1. The first kappa shape index (κ1) is 21.9. The Morgan fingerprint density at radius 2 is 1.86 bits per heavy atom. The van der Waals surface area contributed by atoms with E-state index >= 15 is 0 Å². The second-order valence-corrected chi connectivity index (χ2v) is 7.56. The molecule has 1 fully saturated rings. The van der Waals surface area contributed by atoms with Crippen LogP contribution in [0, 0.1) is 5.92 Å². The van der Waals surface area contributed by atoms with E-state index in [4.69, 9.17) is 0 Å². The lowest BCUT2D eigenvalue weighted by Gasteiger charge is -2.27. The van der Waals surface area contributed by atoms with Gasteiger partial charge in [0.15, 0.2) is 0 Å². The summed E-state index contributed by atoms with van der Waals surface area (Å²) < 4.78 is 0. The number of amides is 4. The van der Waals surface area contributed by atoms with Crippen LogP contribution in [-0.4, -0.2) is 35.8 Å². The smallest absolute Gasteiger partial charge is 0.325 e. The van der Waals surface area contributed by atoms with Gasteiger partial charge in [-0.25, -0.2) is 4.79 Å². The van der Waals surface area contributed by atoms with Crippen LogP contribution in [0.1, 0.15) is 64.9 Å². The van der Waals surface area contributed by atoms with Gasteiger partial charge in [0.05, 0.1) is 0 Å². The lowest BCUT2D eigenvalue weighted by Crippen LogP contribution is -2.45. The molecule has 0 spiro atoms. The maximum Gasteiger partial charge on any atom is 0.325 e. The minimum absolute atomic E-state index is 0.243. The summed E-state index contributed by atoms with van der Waals surface area (Å²) >= 11 is 0. The Balaban J connectivity index is 2.05. The third kappa shape index (κ3) is 4.91. The molecular weight excluding hydrogens is 354 g/mol. The first-order valence-corrected chi connectivity index (χ1v) is 10.4. The van der Waals surface area contributed by atoms with Crippen molar-refractivity contribution < 1.29 is 14.4 Å². The predicted molar refractivity (Wildman–Crippen MR) is 110 cm³/mol. The van der Waals surface area contributed by atoms with E-state index in [1.54, 1.807) is 0 Å². The number of hydrogen-bond donors (Lipinski definition) is 2. The van der Waals surface area contributed by atoms with Crippen molar-refractivity contribution in [2.75, 3.05) is 13.1 Å². The molecule has 0 aliphatic carbocycles. The van der Waals surface area contributed by atoms with E-state index in [1.165, 1.54) is 0 Å². The van der Waals surface area contributed by atoms with E-state index in [2.05, 4.69) is 24.5 Å². The molecule has 1 aromatic rings. The third-order valence-electron chi connectivity index (χ3n) is 5.50. The van der Waals surface area contributed by atoms with Crippen molar-refractivity contribution >= 4 is 17.8 Å². The van der Waals surface area contributed by atoms with Crippen LogP contribution < -0.4 is 10.6 Å². The number of carbonyl (C=O) groups is 3. The van der Waals surface area contributed by atoms with Gasteiger partial charge in [0.2, 0.25) is 5.91 Å². The highest BCUT2D eigenvalue weighted by Gasteiger charge is 2.52. The summed E-state index contributed by atoms with van der Waals surface area (Å²) in [4.78, 5) is 39.1. The molecule has 0 unspecified atom stereocenters. The number of urea groups is 1. The molecule has 0 saturated carbocycles. The highest BCUT2D eigenvalue weighted by atomic mass is 16.2. The first-order chi connectivity index (χ1) is 13.5. The van der Waals surface area contributed by atoms with Crippen LogP contribution in [-0.2, 0) is 15.1 Å². The van der Waals surface area contributed by atoms with Gasteiger partial charge >= 0.3 is 6.03 Å². The molecule has 0 bridgehead atoms. The van der Waals surface area contributed by atoms with Crippen LogP contribution in [0.15, 0.2) is 30.3 Å². The number of rotatable bonds is 11. The fourth-order valence-corrected chi connectivity index (χ4v) is 3.78. The van der Waals surface area contributed by atoms with Gasteiger partial charge in [-0.2, -0.15) is 0 Å². The van der Waals surface area contributed by atoms with Crippen LogP contribution in [0.3, 0.4) is 0 Å². The van der Waals surface area contributed by atoms with E-state index < -0.39 is 11.6 Å². The van der Waals surface area contributed by atoms with E-state index in [0.29, 0.717) is 18.9 Å². The van der Waals surface area contributed by atoms with E-state index in [-0.39, 0.29) is 18.4 Å². The van der Waals surface area contributed by atoms with Crippen molar-refractivity contribution in [3.05, 3.63) is 35.9 Å². The molecule has 1 aromatic carbocycles. The second kappa shape index (κ2) is 10.2. The Kier molecular flexibility index (Phi) is 8.03. The zero-order valence-electron chi connectivity index (χ0n) is 17.3. The highest BCUT2D eigenvalue weighted by molar-refractivity contribution is 6.09.